The second-order valence-corrected chi connectivity index (χ2v) is 4.60. The molecular weight excluding hydrogens is 306 g/mol. The average Bonchev–Trinajstić information content (AvgIpc) is 2.49. The number of carbonyl (C=O) groups is 1. The summed E-state index contributed by atoms with van der Waals surface area (Å²) < 4.78 is 4.37. The molecule has 0 N–H and O–H groups in total. The Balaban J connectivity index is 3.58. The van der Waals surface area contributed by atoms with Crippen molar-refractivity contribution >= 4 is 17.2 Å². The van der Waals surface area contributed by atoms with Crippen molar-refractivity contribution in [2.75, 3.05) is 21.2 Å². The predicted octanol–water partition coefficient (Wildman–Crippen LogP) is 1.83. The fraction of sp³-hybridized carbons (Fsp3) is 0.214. The van der Waals surface area contributed by atoms with E-state index in [-0.39, 0.29) is 16.8 Å². The van der Waals surface area contributed by atoms with Gasteiger partial charge in [-0.25, -0.2) is 4.79 Å². The first-order valence-corrected chi connectivity index (χ1v) is 6.34. The molecule has 0 saturated carbocycles. The standard InChI is InChI=1S/C14H15N3O6/c1-15(2)9-10(8-13(17(21)22)14(18)23-3)11-6-4-5-7-12(11)16(19)20/h4-9H,1-3H3. The number of para-hydroxylation sites is 1. The SMILES string of the molecule is COC(=O)C(=CC(=CN(C)C)c1ccccc1[N+](=O)[O-])[N+](=O)[O-]. The summed E-state index contributed by atoms with van der Waals surface area (Å²) in [5.41, 5.74) is -0.767. The zero-order valence-corrected chi connectivity index (χ0v) is 12.8. The number of nitrogens with zero attached hydrogens (tertiary/aromatic N) is 3. The normalized spacial score (nSPS) is 11.8. The quantitative estimate of drug-likeness (QED) is 0.258. The van der Waals surface area contributed by atoms with Crippen LogP contribution in [-0.2, 0) is 9.53 Å². The van der Waals surface area contributed by atoms with Crippen molar-refractivity contribution in [3.8, 4) is 0 Å². The van der Waals surface area contributed by atoms with Crippen molar-refractivity contribution in [1.82, 2.24) is 4.90 Å². The number of ether oxygens (including phenoxy) is 1. The van der Waals surface area contributed by atoms with Crippen LogP contribution in [-0.4, -0.2) is 41.9 Å². The number of hydrogen-bond acceptors (Lipinski definition) is 7. The van der Waals surface area contributed by atoms with E-state index in [0.29, 0.717) is 0 Å². The molecule has 0 aliphatic carbocycles. The van der Waals surface area contributed by atoms with Gasteiger partial charge in [0.1, 0.15) is 0 Å². The second-order valence-electron chi connectivity index (χ2n) is 4.60. The van der Waals surface area contributed by atoms with Crippen LogP contribution in [0.3, 0.4) is 0 Å². The fourth-order valence-electron chi connectivity index (χ4n) is 1.78. The molecule has 0 unspecified atom stereocenters. The molecule has 0 saturated heterocycles. The Morgan fingerprint density at radius 1 is 1.22 bits per heavy atom. The molecule has 23 heavy (non-hydrogen) atoms. The summed E-state index contributed by atoms with van der Waals surface area (Å²) in [7, 11) is 4.30. The molecule has 0 aromatic heterocycles. The van der Waals surface area contributed by atoms with E-state index in [0.717, 1.165) is 13.2 Å². The van der Waals surface area contributed by atoms with E-state index in [1.807, 2.05) is 0 Å². The van der Waals surface area contributed by atoms with Gasteiger partial charge in [0, 0.05) is 38.0 Å². The summed E-state index contributed by atoms with van der Waals surface area (Å²) in [6.45, 7) is 0. The number of allylic oxidation sites excluding steroid dienone is 2. The van der Waals surface area contributed by atoms with Gasteiger partial charge in [-0.3, -0.25) is 20.2 Å². The Bertz CT molecular complexity index is 694. The van der Waals surface area contributed by atoms with Crippen molar-refractivity contribution in [3.05, 3.63) is 68.0 Å². The molecule has 0 aliphatic heterocycles. The van der Waals surface area contributed by atoms with Crippen molar-refractivity contribution in [3.63, 3.8) is 0 Å². The van der Waals surface area contributed by atoms with Gasteiger partial charge in [-0.15, -0.1) is 0 Å². The Morgan fingerprint density at radius 3 is 2.30 bits per heavy atom. The Labute approximate surface area is 131 Å². The molecule has 9 heteroatoms. The molecular formula is C14H15N3O6. The maximum atomic E-state index is 11.5. The Morgan fingerprint density at radius 2 is 1.83 bits per heavy atom. The largest absolute Gasteiger partial charge is 0.461 e. The summed E-state index contributed by atoms with van der Waals surface area (Å²) in [6, 6.07) is 5.76. The maximum Gasteiger partial charge on any atom is 0.409 e. The number of hydrogen-bond donors (Lipinski definition) is 0. The number of benzene rings is 1. The van der Waals surface area contributed by atoms with Crippen LogP contribution in [0.1, 0.15) is 5.56 Å². The lowest BCUT2D eigenvalue weighted by Gasteiger charge is -2.09. The zero-order valence-electron chi connectivity index (χ0n) is 12.8. The molecule has 1 aromatic carbocycles. The fourth-order valence-corrected chi connectivity index (χ4v) is 1.78. The van der Waals surface area contributed by atoms with E-state index >= 15 is 0 Å². The first-order valence-electron chi connectivity index (χ1n) is 6.34. The molecule has 1 rings (SSSR count). The van der Waals surface area contributed by atoms with Gasteiger partial charge in [0.2, 0.25) is 0 Å². The highest BCUT2D eigenvalue weighted by molar-refractivity contribution is 5.91. The maximum absolute atomic E-state index is 11.5. The van der Waals surface area contributed by atoms with E-state index in [2.05, 4.69) is 4.74 Å². The smallest absolute Gasteiger partial charge is 0.409 e. The van der Waals surface area contributed by atoms with E-state index in [1.54, 1.807) is 25.1 Å². The molecule has 0 amide bonds. The number of carbonyl (C=O) groups excluding carboxylic acids is 1. The van der Waals surface area contributed by atoms with Crippen LogP contribution in [0.15, 0.2) is 42.2 Å². The minimum Gasteiger partial charge on any atom is -0.461 e. The van der Waals surface area contributed by atoms with Gasteiger partial charge in [0.15, 0.2) is 0 Å². The van der Waals surface area contributed by atoms with Crippen LogP contribution in [0, 0.1) is 20.2 Å². The molecule has 0 radical (unpaired) electrons. The van der Waals surface area contributed by atoms with Gasteiger partial charge in [0.05, 0.1) is 22.5 Å². The van der Waals surface area contributed by atoms with E-state index in [1.165, 1.54) is 24.4 Å². The van der Waals surface area contributed by atoms with Crippen LogP contribution in [0.4, 0.5) is 5.69 Å². The molecule has 0 aliphatic rings. The Hall–Kier alpha value is -3.23. The van der Waals surface area contributed by atoms with Crippen LogP contribution < -0.4 is 0 Å². The Kier molecular flexibility index (Phi) is 5.95. The molecule has 0 spiro atoms. The topological polar surface area (TPSA) is 116 Å². The summed E-state index contributed by atoms with van der Waals surface area (Å²) >= 11 is 0. The highest BCUT2D eigenvalue weighted by Gasteiger charge is 2.25. The third-order valence-corrected chi connectivity index (χ3v) is 2.69. The van der Waals surface area contributed by atoms with Gasteiger partial charge in [-0.05, 0) is 6.07 Å². The zero-order chi connectivity index (χ0) is 17.6. The van der Waals surface area contributed by atoms with Gasteiger partial charge in [-0.2, -0.15) is 0 Å². The lowest BCUT2D eigenvalue weighted by molar-refractivity contribution is -0.421. The van der Waals surface area contributed by atoms with Crippen LogP contribution in [0.5, 0.6) is 0 Å². The summed E-state index contributed by atoms with van der Waals surface area (Å²) in [5.74, 6) is -1.14. The minimum absolute atomic E-state index is 0.138. The van der Waals surface area contributed by atoms with Gasteiger partial charge in [0.25, 0.3) is 5.69 Å². The van der Waals surface area contributed by atoms with Crippen molar-refractivity contribution in [2.24, 2.45) is 0 Å². The summed E-state index contributed by atoms with van der Waals surface area (Å²) in [6.07, 6.45) is 2.39. The van der Waals surface area contributed by atoms with E-state index in [4.69, 9.17) is 0 Å². The molecule has 1 aromatic rings. The third kappa shape index (κ3) is 4.63. The first-order chi connectivity index (χ1) is 10.8. The predicted molar refractivity (Wildman–Crippen MR) is 81.9 cm³/mol. The van der Waals surface area contributed by atoms with Gasteiger partial charge < -0.3 is 9.64 Å². The van der Waals surface area contributed by atoms with Crippen molar-refractivity contribution in [1.29, 1.82) is 0 Å². The minimum atomic E-state index is -1.14. The number of nitro benzene ring substituents is 1. The number of rotatable bonds is 6. The van der Waals surface area contributed by atoms with E-state index < -0.39 is 21.5 Å². The van der Waals surface area contributed by atoms with Crippen LogP contribution in [0.25, 0.3) is 5.57 Å². The first kappa shape index (κ1) is 17.8. The number of esters is 1. The second kappa shape index (κ2) is 7.69. The summed E-state index contributed by atoms with van der Waals surface area (Å²) in [4.78, 5) is 33.7. The summed E-state index contributed by atoms with van der Waals surface area (Å²) in [5, 5.41) is 22.2. The highest BCUT2D eigenvalue weighted by Crippen LogP contribution is 2.28. The molecule has 0 atom stereocenters. The molecule has 9 nitrogen and oxygen atoms in total. The third-order valence-electron chi connectivity index (χ3n) is 2.69. The highest BCUT2D eigenvalue weighted by atomic mass is 16.6. The lowest BCUT2D eigenvalue weighted by atomic mass is 10.0. The van der Waals surface area contributed by atoms with Crippen molar-refractivity contribution < 1.29 is 19.4 Å². The molecule has 0 fully saturated rings. The van der Waals surface area contributed by atoms with Crippen molar-refractivity contribution in [2.45, 2.75) is 0 Å². The number of methoxy groups -OCH3 is 1. The van der Waals surface area contributed by atoms with Gasteiger partial charge >= 0.3 is 11.7 Å². The average molecular weight is 321 g/mol. The van der Waals surface area contributed by atoms with Crippen LogP contribution in [0.2, 0.25) is 0 Å². The monoisotopic (exact) mass is 321 g/mol. The molecule has 122 valence electrons. The lowest BCUT2D eigenvalue weighted by Crippen LogP contribution is -2.13. The molecule has 0 heterocycles. The van der Waals surface area contributed by atoms with E-state index in [9.17, 15) is 25.0 Å². The van der Waals surface area contributed by atoms with Gasteiger partial charge in [-0.1, -0.05) is 12.1 Å². The number of nitro groups is 2. The molecule has 0 bridgehead atoms. The van der Waals surface area contributed by atoms with Crippen LogP contribution >= 0.6 is 0 Å².